The Hall–Kier alpha value is -2.53. The number of aromatic nitrogens is 2. The molecule has 1 aliphatic rings. The highest BCUT2D eigenvalue weighted by atomic mass is 35.5. The molecule has 1 amide bonds. The molecule has 0 unspecified atom stereocenters. The molecule has 1 fully saturated rings. The predicted molar refractivity (Wildman–Crippen MR) is 97.4 cm³/mol. The number of nitrogens with zero attached hydrogens (tertiary/aromatic N) is 3. The minimum atomic E-state index is -0.0577. The van der Waals surface area contributed by atoms with E-state index < -0.39 is 0 Å². The van der Waals surface area contributed by atoms with Crippen LogP contribution >= 0.6 is 11.6 Å². The standard InChI is InChI=1S/C19H18ClN3O2/c1-12-21-16-5-3-4-6-17(16)23(12)14-10-22(11-14)19(24)15-9-13(20)7-8-18(15)25-2/h3-9,14H,10-11H2,1-2H3. The van der Waals surface area contributed by atoms with Gasteiger partial charge >= 0.3 is 0 Å². The van der Waals surface area contributed by atoms with Crippen LogP contribution in [0.1, 0.15) is 22.2 Å². The van der Waals surface area contributed by atoms with Gasteiger partial charge in [-0.25, -0.2) is 4.98 Å². The fourth-order valence-electron chi connectivity index (χ4n) is 3.43. The third-order valence-electron chi connectivity index (χ3n) is 4.68. The van der Waals surface area contributed by atoms with Crippen molar-refractivity contribution in [2.45, 2.75) is 13.0 Å². The Bertz CT molecular complexity index is 960. The van der Waals surface area contributed by atoms with Crippen LogP contribution < -0.4 is 4.74 Å². The number of likely N-dealkylation sites (tertiary alicyclic amines) is 1. The minimum Gasteiger partial charge on any atom is -0.496 e. The van der Waals surface area contributed by atoms with Gasteiger partial charge in [0.2, 0.25) is 0 Å². The Balaban J connectivity index is 1.57. The van der Waals surface area contributed by atoms with Gasteiger partial charge in [0.25, 0.3) is 5.91 Å². The van der Waals surface area contributed by atoms with Crippen LogP contribution in [-0.4, -0.2) is 40.6 Å². The van der Waals surface area contributed by atoms with Crippen molar-refractivity contribution < 1.29 is 9.53 Å². The highest BCUT2D eigenvalue weighted by Crippen LogP contribution is 2.31. The van der Waals surface area contributed by atoms with E-state index in [0.717, 1.165) is 16.9 Å². The summed E-state index contributed by atoms with van der Waals surface area (Å²) in [5.41, 5.74) is 2.60. The molecule has 1 aromatic heterocycles. The zero-order valence-electron chi connectivity index (χ0n) is 14.1. The SMILES string of the molecule is COc1ccc(Cl)cc1C(=O)N1CC(n2c(C)nc3ccccc32)C1. The number of halogens is 1. The van der Waals surface area contributed by atoms with Crippen LogP contribution in [0.2, 0.25) is 5.02 Å². The van der Waals surface area contributed by atoms with E-state index in [-0.39, 0.29) is 11.9 Å². The van der Waals surface area contributed by atoms with Crippen LogP contribution in [0.25, 0.3) is 11.0 Å². The first-order chi connectivity index (χ1) is 12.1. The molecule has 0 spiro atoms. The topological polar surface area (TPSA) is 47.4 Å². The number of benzene rings is 2. The predicted octanol–water partition coefficient (Wildman–Crippen LogP) is 3.70. The van der Waals surface area contributed by atoms with Gasteiger partial charge in [0.1, 0.15) is 11.6 Å². The Morgan fingerprint density at radius 2 is 2.00 bits per heavy atom. The van der Waals surface area contributed by atoms with Crippen molar-refractivity contribution in [3.05, 3.63) is 58.9 Å². The second-order valence-corrected chi connectivity index (χ2v) is 6.66. The first-order valence-electron chi connectivity index (χ1n) is 8.15. The molecular weight excluding hydrogens is 338 g/mol. The van der Waals surface area contributed by atoms with Gasteiger partial charge < -0.3 is 14.2 Å². The molecule has 0 aliphatic carbocycles. The Kier molecular flexibility index (Phi) is 3.88. The molecule has 128 valence electrons. The summed E-state index contributed by atoms with van der Waals surface area (Å²) in [6.07, 6.45) is 0. The minimum absolute atomic E-state index is 0.0577. The van der Waals surface area contributed by atoms with Crippen molar-refractivity contribution in [1.82, 2.24) is 14.5 Å². The Labute approximate surface area is 150 Å². The first-order valence-corrected chi connectivity index (χ1v) is 8.52. The second kappa shape index (κ2) is 6.08. The first kappa shape index (κ1) is 16.0. The van der Waals surface area contributed by atoms with Gasteiger partial charge in [-0.2, -0.15) is 0 Å². The second-order valence-electron chi connectivity index (χ2n) is 6.23. The van der Waals surface area contributed by atoms with E-state index in [1.54, 1.807) is 25.3 Å². The Morgan fingerprint density at radius 1 is 1.24 bits per heavy atom. The van der Waals surface area contributed by atoms with Crippen LogP contribution in [-0.2, 0) is 0 Å². The number of carbonyl (C=O) groups is 1. The third-order valence-corrected chi connectivity index (χ3v) is 4.91. The third kappa shape index (κ3) is 2.65. The van der Waals surface area contributed by atoms with Crippen LogP contribution in [0, 0.1) is 6.92 Å². The lowest BCUT2D eigenvalue weighted by atomic mass is 10.1. The summed E-state index contributed by atoms with van der Waals surface area (Å²) in [7, 11) is 1.56. The molecular formula is C19H18ClN3O2. The van der Waals surface area contributed by atoms with E-state index >= 15 is 0 Å². The van der Waals surface area contributed by atoms with E-state index in [2.05, 4.69) is 15.6 Å². The number of hydrogen-bond acceptors (Lipinski definition) is 3. The van der Waals surface area contributed by atoms with Crippen molar-refractivity contribution in [3.8, 4) is 5.75 Å². The number of amides is 1. The monoisotopic (exact) mass is 355 g/mol. The lowest BCUT2D eigenvalue weighted by molar-refractivity contribution is 0.0520. The normalized spacial score (nSPS) is 14.6. The number of rotatable bonds is 3. The van der Waals surface area contributed by atoms with E-state index in [9.17, 15) is 4.79 Å². The number of ether oxygens (including phenoxy) is 1. The summed E-state index contributed by atoms with van der Waals surface area (Å²) in [5.74, 6) is 1.46. The van der Waals surface area contributed by atoms with Crippen LogP contribution in [0.4, 0.5) is 0 Å². The van der Waals surface area contributed by atoms with E-state index in [1.807, 2.05) is 30.0 Å². The van der Waals surface area contributed by atoms with Gasteiger partial charge in [0.05, 0.1) is 29.7 Å². The van der Waals surface area contributed by atoms with Crippen molar-refractivity contribution in [2.24, 2.45) is 0 Å². The summed E-state index contributed by atoms with van der Waals surface area (Å²) >= 11 is 6.04. The van der Waals surface area contributed by atoms with E-state index in [4.69, 9.17) is 16.3 Å². The maximum absolute atomic E-state index is 12.8. The molecule has 1 aliphatic heterocycles. The molecule has 3 aromatic rings. The lowest BCUT2D eigenvalue weighted by Gasteiger charge is -2.40. The van der Waals surface area contributed by atoms with Crippen LogP contribution in [0.5, 0.6) is 5.75 Å². The zero-order valence-corrected chi connectivity index (χ0v) is 14.8. The van der Waals surface area contributed by atoms with E-state index in [1.165, 1.54) is 0 Å². The quantitative estimate of drug-likeness (QED) is 0.719. The van der Waals surface area contributed by atoms with E-state index in [0.29, 0.717) is 29.4 Å². The summed E-state index contributed by atoms with van der Waals surface area (Å²) < 4.78 is 7.51. The maximum Gasteiger partial charge on any atom is 0.257 e. The molecule has 2 heterocycles. The molecule has 4 rings (SSSR count). The highest BCUT2D eigenvalue weighted by molar-refractivity contribution is 6.31. The molecule has 6 heteroatoms. The summed E-state index contributed by atoms with van der Waals surface area (Å²) in [4.78, 5) is 19.2. The number of methoxy groups -OCH3 is 1. The number of carbonyl (C=O) groups excluding carboxylic acids is 1. The number of para-hydroxylation sites is 2. The fourth-order valence-corrected chi connectivity index (χ4v) is 3.60. The van der Waals surface area contributed by atoms with Crippen LogP contribution in [0.3, 0.4) is 0 Å². The van der Waals surface area contributed by atoms with Gasteiger partial charge in [-0.1, -0.05) is 23.7 Å². The van der Waals surface area contributed by atoms with Crippen LogP contribution in [0.15, 0.2) is 42.5 Å². The maximum atomic E-state index is 12.8. The lowest BCUT2D eigenvalue weighted by Crippen LogP contribution is -2.51. The molecule has 2 aromatic carbocycles. The van der Waals surface area contributed by atoms with Gasteiger partial charge in [-0.05, 0) is 37.3 Å². The van der Waals surface area contributed by atoms with Crippen molar-refractivity contribution >= 4 is 28.5 Å². The van der Waals surface area contributed by atoms with Crippen molar-refractivity contribution in [2.75, 3.05) is 20.2 Å². The molecule has 0 atom stereocenters. The largest absolute Gasteiger partial charge is 0.496 e. The summed E-state index contributed by atoms with van der Waals surface area (Å²) in [6.45, 7) is 3.30. The highest BCUT2D eigenvalue weighted by Gasteiger charge is 2.35. The summed E-state index contributed by atoms with van der Waals surface area (Å²) in [6, 6.07) is 13.4. The van der Waals surface area contributed by atoms with Gasteiger partial charge in [-0.15, -0.1) is 0 Å². The number of aryl methyl sites for hydroxylation is 1. The fraction of sp³-hybridized carbons (Fsp3) is 0.263. The number of fused-ring (bicyclic) bond motifs is 1. The number of imidazole rings is 1. The average molecular weight is 356 g/mol. The molecule has 0 saturated carbocycles. The van der Waals surface area contributed by atoms with Gasteiger partial charge in [0, 0.05) is 18.1 Å². The number of hydrogen-bond donors (Lipinski definition) is 0. The molecule has 0 bridgehead atoms. The van der Waals surface area contributed by atoms with Crippen molar-refractivity contribution in [3.63, 3.8) is 0 Å². The van der Waals surface area contributed by atoms with Gasteiger partial charge in [-0.3, -0.25) is 4.79 Å². The zero-order chi connectivity index (χ0) is 17.6. The summed E-state index contributed by atoms with van der Waals surface area (Å²) in [5, 5.41) is 0.526. The van der Waals surface area contributed by atoms with Crippen molar-refractivity contribution in [1.29, 1.82) is 0 Å². The molecule has 0 N–H and O–H groups in total. The van der Waals surface area contributed by atoms with Gasteiger partial charge in [0.15, 0.2) is 0 Å². The molecule has 25 heavy (non-hydrogen) atoms. The Morgan fingerprint density at radius 3 is 2.76 bits per heavy atom. The molecule has 0 radical (unpaired) electrons. The average Bonchev–Trinajstić information content (AvgIpc) is 2.89. The molecule has 5 nitrogen and oxygen atoms in total. The smallest absolute Gasteiger partial charge is 0.257 e. The molecule has 1 saturated heterocycles.